The van der Waals surface area contributed by atoms with E-state index >= 15 is 0 Å². The molecule has 18 heavy (non-hydrogen) atoms. The zero-order valence-electron chi connectivity index (χ0n) is 11.3. The Morgan fingerprint density at radius 3 is 2.67 bits per heavy atom. The summed E-state index contributed by atoms with van der Waals surface area (Å²) in [5, 5.41) is 12.0. The molecule has 0 radical (unpaired) electrons. The number of hydrogen-bond acceptors (Lipinski definition) is 4. The number of nitrogen functional groups attached to an aromatic ring is 1. The van der Waals surface area contributed by atoms with E-state index in [2.05, 4.69) is 36.3 Å². The molecule has 0 saturated carbocycles. The highest BCUT2D eigenvalue weighted by molar-refractivity contribution is 5.65. The molecule has 0 aliphatic carbocycles. The first-order chi connectivity index (χ1) is 8.37. The molecule has 96 valence electrons. The van der Waals surface area contributed by atoms with Gasteiger partial charge in [0.25, 0.3) is 0 Å². The molecule has 1 heterocycles. The minimum Gasteiger partial charge on any atom is -0.399 e. The van der Waals surface area contributed by atoms with Crippen LogP contribution in [0.2, 0.25) is 0 Å². The van der Waals surface area contributed by atoms with Crippen LogP contribution in [0.25, 0.3) is 11.4 Å². The number of nitrogens with zero attached hydrogens (tertiary/aromatic N) is 4. The van der Waals surface area contributed by atoms with Gasteiger partial charge in [0.1, 0.15) is 0 Å². The van der Waals surface area contributed by atoms with Crippen LogP contribution in [0.15, 0.2) is 18.2 Å². The molecule has 0 aliphatic rings. The lowest BCUT2D eigenvalue weighted by molar-refractivity contribution is 0.323. The normalized spacial score (nSPS) is 11.8. The largest absolute Gasteiger partial charge is 0.399 e. The van der Waals surface area contributed by atoms with Crippen molar-refractivity contribution in [2.75, 3.05) is 5.73 Å². The van der Waals surface area contributed by atoms with Crippen molar-refractivity contribution >= 4 is 5.69 Å². The van der Waals surface area contributed by atoms with Crippen molar-refractivity contribution in [2.45, 2.75) is 34.2 Å². The first-order valence-electron chi connectivity index (χ1n) is 5.99. The lowest BCUT2D eigenvalue weighted by Crippen LogP contribution is -2.17. The van der Waals surface area contributed by atoms with Crippen LogP contribution < -0.4 is 5.73 Å². The Labute approximate surface area is 107 Å². The van der Waals surface area contributed by atoms with Crippen LogP contribution in [0.4, 0.5) is 5.69 Å². The van der Waals surface area contributed by atoms with Gasteiger partial charge in [0.05, 0.1) is 0 Å². The van der Waals surface area contributed by atoms with Crippen LogP contribution in [0.3, 0.4) is 0 Å². The molecule has 0 fully saturated rings. The average molecular weight is 245 g/mol. The second-order valence-corrected chi connectivity index (χ2v) is 5.80. The van der Waals surface area contributed by atoms with Gasteiger partial charge >= 0.3 is 0 Å². The number of anilines is 1. The lowest BCUT2D eigenvalue weighted by atomic mass is 9.97. The Bertz CT molecular complexity index is 551. The second-order valence-electron chi connectivity index (χ2n) is 5.80. The fraction of sp³-hybridized carbons (Fsp3) is 0.462. The van der Waals surface area contributed by atoms with E-state index in [9.17, 15) is 0 Å². The highest BCUT2D eigenvalue weighted by Crippen LogP contribution is 2.25. The fourth-order valence-corrected chi connectivity index (χ4v) is 1.83. The SMILES string of the molecule is Cc1ccc(N)cc1-c1nnnn1CC(C)(C)C. The van der Waals surface area contributed by atoms with Crippen molar-refractivity contribution < 1.29 is 0 Å². The predicted octanol–water partition coefficient (Wildman–Crippen LogP) is 2.28. The van der Waals surface area contributed by atoms with Crippen molar-refractivity contribution in [2.24, 2.45) is 5.41 Å². The molecule has 0 bridgehead atoms. The van der Waals surface area contributed by atoms with E-state index in [1.807, 2.05) is 29.8 Å². The number of aromatic nitrogens is 4. The summed E-state index contributed by atoms with van der Waals surface area (Å²) in [7, 11) is 0. The van der Waals surface area contributed by atoms with E-state index in [-0.39, 0.29) is 5.41 Å². The smallest absolute Gasteiger partial charge is 0.182 e. The van der Waals surface area contributed by atoms with Crippen molar-refractivity contribution in [1.82, 2.24) is 20.2 Å². The third kappa shape index (κ3) is 2.67. The molecule has 2 rings (SSSR count). The summed E-state index contributed by atoms with van der Waals surface area (Å²) in [4.78, 5) is 0. The number of benzene rings is 1. The Kier molecular flexibility index (Phi) is 3.07. The van der Waals surface area contributed by atoms with Gasteiger partial charge in [-0.2, -0.15) is 0 Å². The van der Waals surface area contributed by atoms with Gasteiger partial charge in [-0.05, 0) is 40.5 Å². The van der Waals surface area contributed by atoms with Crippen molar-refractivity contribution in [3.63, 3.8) is 0 Å². The predicted molar refractivity (Wildman–Crippen MR) is 71.9 cm³/mol. The molecule has 0 unspecified atom stereocenters. The zero-order chi connectivity index (χ0) is 13.3. The van der Waals surface area contributed by atoms with Crippen molar-refractivity contribution in [3.8, 4) is 11.4 Å². The molecule has 1 aromatic carbocycles. The summed E-state index contributed by atoms with van der Waals surface area (Å²) in [6, 6.07) is 5.79. The van der Waals surface area contributed by atoms with E-state index < -0.39 is 0 Å². The Morgan fingerprint density at radius 1 is 1.28 bits per heavy atom. The van der Waals surface area contributed by atoms with Crippen LogP contribution in [0, 0.1) is 12.3 Å². The number of rotatable bonds is 2. The number of aryl methyl sites for hydroxylation is 1. The topological polar surface area (TPSA) is 69.6 Å². The molecule has 2 N–H and O–H groups in total. The van der Waals surface area contributed by atoms with Gasteiger partial charge in [0, 0.05) is 17.8 Å². The molecule has 5 heteroatoms. The molecule has 1 aromatic heterocycles. The van der Waals surface area contributed by atoms with Crippen LogP contribution in [0.1, 0.15) is 26.3 Å². The summed E-state index contributed by atoms with van der Waals surface area (Å²) in [6.07, 6.45) is 0. The molecular formula is C13H19N5. The van der Waals surface area contributed by atoms with E-state index in [1.54, 1.807) is 0 Å². The van der Waals surface area contributed by atoms with Crippen LogP contribution in [-0.2, 0) is 6.54 Å². The molecule has 0 atom stereocenters. The summed E-state index contributed by atoms with van der Waals surface area (Å²) in [5.41, 5.74) is 8.79. The fourth-order valence-electron chi connectivity index (χ4n) is 1.83. The highest BCUT2D eigenvalue weighted by atomic mass is 15.5. The maximum atomic E-state index is 5.83. The monoisotopic (exact) mass is 245 g/mol. The number of hydrogen-bond donors (Lipinski definition) is 1. The zero-order valence-corrected chi connectivity index (χ0v) is 11.3. The number of nitrogens with two attached hydrogens (primary N) is 1. The average Bonchev–Trinajstić information content (AvgIpc) is 2.67. The van der Waals surface area contributed by atoms with E-state index in [4.69, 9.17) is 5.73 Å². The van der Waals surface area contributed by atoms with Crippen molar-refractivity contribution in [1.29, 1.82) is 0 Å². The molecule has 0 amide bonds. The van der Waals surface area contributed by atoms with E-state index in [1.165, 1.54) is 0 Å². The lowest BCUT2D eigenvalue weighted by Gasteiger charge is -2.18. The van der Waals surface area contributed by atoms with Crippen LogP contribution in [0.5, 0.6) is 0 Å². The van der Waals surface area contributed by atoms with Gasteiger partial charge in [-0.1, -0.05) is 26.8 Å². The summed E-state index contributed by atoms with van der Waals surface area (Å²) >= 11 is 0. The Balaban J connectivity index is 2.45. The Hall–Kier alpha value is -1.91. The highest BCUT2D eigenvalue weighted by Gasteiger charge is 2.17. The summed E-state index contributed by atoms with van der Waals surface area (Å²) < 4.78 is 1.84. The van der Waals surface area contributed by atoms with Crippen molar-refractivity contribution in [3.05, 3.63) is 23.8 Å². The van der Waals surface area contributed by atoms with Gasteiger partial charge in [0.2, 0.25) is 0 Å². The van der Waals surface area contributed by atoms with E-state index in [0.29, 0.717) is 0 Å². The molecule has 2 aromatic rings. The third-order valence-electron chi connectivity index (χ3n) is 2.66. The molecule has 0 aliphatic heterocycles. The molecule has 0 saturated heterocycles. The second kappa shape index (κ2) is 4.40. The minimum atomic E-state index is 0.123. The quantitative estimate of drug-likeness (QED) is 0.824. The van der Waals surface area contributed by atoms with Gasteiger partial charge in [-0.25, -0.2) is 4.68 Å². The molecule has 0 spiro atoms. The maximum absolute atomic E-state index is 5.83. The first-order valence-corrected chi connectivity index (χ1v) is 5.99. The maximum Gasteiger partial charge on any atom is 0.182 e. The van der Waals surface area contributed by atoms with Crippen LogP contribution in [-0.4, -0.2) is 20.2 Å². The van der Waals surface area contributed by atoms with Gasteiger partial charge in [-0.3, -0.25) is 0 Å². The van der Waals surface area contributed by atoms with Gasteiger partial charge in [0.15, 0.2) is 5.82 Å². The summed E-state index contributed by atoms with van der Waals surface area (Å²) in [6.45, 7) is 9.27. The summed E-state index contributed by atoms with van der Waals surface area (Å²) in [5.74, 6) is 0.773. The van der Waals surface area contributed by atoms with Gasteiger partial charge < -0.3 is 5.73 Å². The molecular weight excluding hydrogens is 226 g/mol. The standard InChI is InChI=1S/C13H19N5/c1-9-5-6-10(14)7-11(9)12-15-16-17-18(12)8-13(2,3)4/h5-7H,8,14H2,1-4H3. The van der Waals surface area contributed by atoms with Gasteiger partial charge in [-0.15, -0.1) is 5.10 Å². The first kappa shape index (κ1) is 12.5. The van der Waals surface area contributed by atoms with E-state index in [0.717, 1.165) is 29.2 Å². The Morgan fingerprint density at radius 2 is 2.00 bits per heavy atom. The van der Waals surface area contributed by atoms with Crippen LogP contribution >= 0.6 is 0 Å². The third-order valence-corrected chi connectivity index (χ3v) is 2.66. The molecule has 5 nitrogen and oxygen atoms in total. The number of tetrazole rings is 1. The minimum absolute atomic E-state index is 0.123.